The lowest BCUT2D eigenvalue weighted by Gasteiger charge is -2.09. The Morgan fingerprint density at radius 1 is 1.45 bits per heavy atom. The predicted octanol–water partition coefficient (Wildman–Crippen LogP) is 1.38. The van der Waals surface area contributed by atoms with E-state index in [0.717, 1.165) is 5.56 Å². The first-order valence-electron chi connectivity index (χ1n) is 5.81. The third-order valence-corrected chi connectivity index (χ3v) is 2.61. The van der Waals surface area contributed by atoms with Crippen molar-refractivity contribution < 1.29 is 14.6 Å². The Bertz CT molecular complexity index is 631. The monoisotopic (exact) mass is 274 g/mol. The summed E-state index contributed by atoms with van der Waals surface area (Å²) in [7, 11) is 1.53. The maximum absolute atomic E-state index is 11.1. The molecule has 0 aliphatic carbocycles. The Morgan fingerprint density at radius 3 is 2.95 bits per heavy atom. The lowest BCUT2D eigenvalue weighted by molar-refractivity contribution is 0.0697. The van der Waals surface area contributed by atoms with E-state index in [2.05, 4.69) is 15.3 Å². The Labute approximate surface area is 115 Å². The molecule has 0 spiro atoms. The van der Waals surface area contributed by atoms with E-state index in [-0.39, 0.29) is 11.4 Å². The first-order valence-corrected chi connectivity index (χ1v) is 5.81. The fourth-order valence-electron chi connectivity index (χ4n) is 1.64. The lowest BCUT2D eigenvalue weighted by Crippen LogP contribution is -2.09. The van der Waals surface area contributed by atoms with E-state index in [0.29, 0.717) is 18.1 Å². The molecule has 0 aliphatic rings. The van der Waals surface area contributed by atoms with Crippen LogP contribution in [0.4, 0.5) is 11.5 Å². The minimum atomic E-state index is -1.08. The van der Waals surface area contributed by atoms with Crippen LogP contribution in [-0.2, 0) is 6.54 Å². The Balaban J connectivity index is 2.16. The lowest BCUT2D eigenvalue weighted by atomic mass is 10.2. The number of ether oxygens (including phenoxy) is 1. The van der Waals surface area contributed by atoms with Crippen molar-refractivity contribution in [1.82, 2.24) is 9.97 Å². The van der Waals surface area contributed by atoms with Gasteiger partial charge in [0.15, 0.2) is 0 Å². The number of hydrogen-bond acceptors (Lipinski definition) is 6. The molecule has 2 aromatic heterocycles. The van der Waals surface area contributed by atoms with E-state index < -0.39 is 5.97 Å². The molecule has 0 unspecified atom stereocenters. The van der Waals surface area contributed by atoms with Crippen LogP contribution >= 0.6 is 0 Å². The van der Waals surface area contributed by atoms with Gasteiger partial charge in [0.05, 0.1) is 19.0 Å². The molecule has 104 valence electrons. The SMILES string of the molecule is COc1cc(CNc2ncc(N)cc2C(=O)O)ccn1. The summed E-state index contributed by atoms with van der Waals surface area (Å²) in [5, 5.41) is 12.1. The minimum Gasteiger partial charge on any atom is -0.481 e. The molecule has 0 aliphatic heterocycles. The summed E-state index contributed by atoms with van der Waals surface area (Å²) in [4.78, 5) is 19.1. The molecule has 2 rings (SSSR count). The molecule has 0 aromatic carbocycles. The van der Waals surface area contributed by atoms with Crippen LogP contribution in [0.5, 0.6) is 5.88 Å². The number of hydrogen-bond donors (Lipinski definition) is 3. The molecule has 0 saturated carbocycles. The zero-order valence-electron chi connectivity index (χ0n) is 10.8. The second-order valence-corrected chi connectivity index (χ2v) is 4.03. The van der Waals surface area contributed by atoms with Gasteiger partial charge in [-0.25, -0.2) is 14.8 Å². The number of nitrogen functional groups attached to an aromatic ring is 1. The summed E-state index contributed by atoms with van der Waals surface area (Å²) in [6.45, 7) is 0.399. The van der Waals surface area contributed by atoms with Gasteiger partial charge in [0.1, 0.15) is 11.4 Å². The number of aromatic nitrogens is 2. The molecule has 0 atom stereocenters. The van der Waals surface area contributed by atoms with E-state index in [9.17, 15) is 4.79 Å². The summed E-state index contributed by atoms with van der Waals surface area (Å²) in [6.07, 6.45) is 3.02. The first-order chi connectivity index (χ1) is 9.60. The van der Waals surface area contributed by atoms with Crippen LogP contribution in [0.15, 0.2) is 30.6 Å². The maximum atomic E-state index is 11.1. The van der Waals surface area contributed by atoms with Crippen molar-refractivity contribution in [3.63, 3.8) is 0 Å². The first kappa shape index (κ1) is 13.6. The van der Waals surface area contributed by atoms with Crippen molar-refractivity contribution in [2.75, 3.05) is 18.2 Å². The van der Waals surface area contributed by atoms with Crippen LogP contribution in [0.3, 0.4) is 0 Å². The highest BCUT2D eigenvalue weighted by molar-refractivity contribution is 5.94. The number of carboxylic acids is 1. The highest BCUT2D eigenvalue weighted by atomic mass is 16.5. The second kappa shape index (κ2) is 5.87. The molecule has 4 N–H and O–H groups in total. The van der Waals surface area contributed by atoms with Crippen LogP contribution < -0.4 is 15.8 Å². The third-order valence-electron chi connectivity index (χ3n) is 2.61. The predicted molar refractivity (Wildman–Crippen MR) is 73.7 cm³/mol. The number of nitrogens with zero attached hydrogens (tertiary/aromatic N) is 2. The zero-order valence-corrected chi connectivity index (χ0v) is 10.8. The third kappa shape index (κ3) is 3.14. The van der Waals surface area contributed by atoms with Crippen molar-refractivity contribution in [3.8, 4) is 5.88 Å². The normalized spacial score (nSPS) is 10.1. The highest BCUT2D eigenvalue weighted by Crippen LogP contribution is 2.17. The minimum absolute atomic E-state index is 0.0334. The van der Waals surface area contributed by atoms with E-state index in [1.54, 1.807) is 18.3 Å². The Morgan fingerprint density at radius 2 is 2.25 bits per heavy atom. The Kier molecular flexibility index (Phi) is 3.99. The highest BCUT2D eigenvalue weighted by Gasteiger charge is 2.11. The number of nitrogens with two attached hydrogens (primary N) is 1. The van der Waals surface area contributed by atoms with Crippen molar-refractivity contribution in [3.05, 3.63) is 41.7 Å². The van der Waals surface area contributed by atoms with E-state index >= 15 is 0 Å². The number of anilines is 2. The molecule has 2 heterocycles. The maximum Gasteiger partial charge on any atom is 0.339 e. The van der Waals surface area contributed by atoms with Crippen molar-refractivity contribution >= 4 is 17.5 Å². The molecule has 0 amide bonds. The van der Waals surface area contributed by atoms with Gasteiger partial charge in [0.2, 0.25) is 5.88 Å². The summed E-state index contributed by atoms with van der Waals surface area (Å²) in [5.74, 6) is -0.324. The molecule has 0 bridgehead atoms. The summed E-state index contributed by atoms with van der Waals surface area (Å²) >= 11 is 0. The molecule has 2 aromatic rings. The summed E-state index contributed by atoms with van der Waals surface area (Å²) in [5.41, 5.74) is 6.76. The van der Waals surface area contributed by atoms with Gasteiger partial charge in [-0.05, 0) is 17.7 Å². The topological polar surface area (TPSA) is 110 Å². The standard InChI is InChI=1S/C13H14N4O3/c1-20-11-4-8(2-3-15-11)6-16-12-10(13(18)19)5-9(14)7-17-12/h2-5,7H,6,14H2,1H3,(H,16,17)(H,18,19). The van der Waals surface area contributed by atoms with Crippen molar-refractivity contribution in [2.45, 2.75) is 6.54 Å². The van der Waals surface area contributed by atoms with Gasteiger partial charge in [-0.2, -0.15) is 0 Å². The van der Waals surface area contributed by atoms with E-state index in [1.807, 2.05) is 0 Å². The second-order valence-electron chi connectivity index (χ2n) is 4.03. The summed E-state index contributed by atoms with van der Waals surface area (Å²) in [6, 6.07) is 4.92. The van der Waals surface area contributed by atoms with E-state index in [4.69, 9.17) is 15.6 Å². The molecule has 7 heteroatoms. The zero-order chi connectivity index (χ0) is 14.5. The van der Waals surface area contributed by atoms with Crippen LogP contribution in [0.25, 0.3) is 0 Å². The number of pyridine rings is 2. The molecule has 0 fully saturated rings. The van der Waals surface area contributed by atoms with E-state index in [1.165, 1.54) is 19.4 Å². The molecular weight excluding hydrogens is 260 g/mol. The number of aromatic carboxylic acids is 1. The molecule has 7 nitrogen and oxygen atoms in total. The fourth-order valence-corrected chi connectivity index (χ4v) is 1.64. The number of rotatable bonds is 5. The van der Waals surface area contributed by atoms with Gasteiger partial charge in [0.25, 0.3) is 0 Å². The molecule has 0 saturated heterocycles. The number of carboxylic acid groups (broad SMARTS) is 1. The quantitative estimate of drug-likeness (QED) is 0.755. The Hall–Kier alpha value is -2.83. The largest absolute Gasteiger partial charge is 0.481 e. The fraction of sp³-hybridized carbons (Fsp3) is 0.154. The number of carbonyl (C=O) groups is 1. The number of methoxy groups -OCH3 is 1. The van der Waals surface area contributed by atoms with Gasteiger partial charge < -0.3 is 20.9 Å². The van der Waals surface area contributed by atoms with Gasteiger partial charge >= 0.3 is 5.97 Å². The van der Waals surface area contributed by atoms with Crippen molar-refractivity contribution in [2.24, 2.45) is 0 Å². The van der Waals surface area contributed by atoms with Gasteiger partial charge in [0, 0.05) is 18.8 Å². The van der Waals surface area contributed by atoms with Crippen LogP contribution in [0.2, 0.25) is 0 Å². The average Bonchev–Trinajstić information content (AvgIpc) is 2.46. The van der Waals surface area contributed by atoms with Gasteiger partial charge in [-0.1, -0.05) is 0 Å². The van der Waals surface area contributed by atoms with Gasteiger partial charge in [-0.15, -0.1) is 0 Å². The average molecular weight is 274 g/mol. The van der Waals surface area contributed by atoms with Crippen LogP contribution in [-0.4, -0.2) is 28.2 Å². The number of nitrogens with one attached hydrogen (secondary N) is 1. The molecule has 20 heavy (non-hydrogen) atoms. The smallest absolute Gasteiger partial charge is 0.339 e. The summed E-state index contributed by atoms with van der Waals surface area (Å²) < 4.78 is 5.02. The molecule has 0 radical (unpaired) electrons. The van der Waals surface area contributed by atoms with Gasteiger partial charge in [-0.3, -0.25) is 0 Å². The van der Waals surface area contributed by atoms with Crippen LogP contribution in [0.1, 0.15) is 15.9 Å². The molecular formula is C13H14N4O3. The van der Waals surface area contributed by atoms with Crippen LogP contribution in [0, 0.1) is 0 Å². The van der Waals surface area contributed by atoms with Crippen molar-refractivity contribution in [1.29, 1.82) is 0 Å².